The van der Waals surface area contributed by atoms with E-state index in [0.29, 0.717) is 0 Å². The van der Waals surface area contributed by atoms with E-state index in [0.717, 1.165) is 17.3 Å². The molecule has 0 bridgehead atoms. The molecule has 5 atom stereocenters. The van der Waals surface area contributed by atoms with Crippen molar-refractivity contribution in [1.82, 2.24) is 0 Å². The van der Waals surface area contributed by atoms with Crippen LogP contribution in [0.15, 0.2) is 60.7 Å². The Balaban J connectivity index is 2.06. The Morgan fingerprint density at radius 3 is 1.61 bits per heavy atom. The minimum absolute atomic E-state index is 0.104. The van der Waals surface area contributed by atoms with Crippen LogP contribution in [0.2, 0.25) is 5.04 Å². The quantitative estimate of drug-likeness (QED) is 0.303. The van der Waals surface area contributed by atoms with Gasteiger partial charge in [0.25, 0.3) is 8.32 Å². The summed E-state index contributed by atoms with van der Waals surface area (Å²) in [6.07, 6.45) is -6.60. The molecule has 38 heavy (non-hydrogen) atoms. The normalized spacial score (nSPS) is 23.8. The molecular formula is C28H36O9Si. The van der Waals surface area contributed by atoms with Gasteiger partial charge in [-0.25, -0.2) is 0 Å². The molecule has 3 rings (SSSR count). The van der Waals surface area contributed by atoms with Gasteiger partial charge >= 0.3 is 17.9 Å². The third-order valence-corrected chi connectivity index (χ3v) is 11.4. The van der Waals surface area contributed by atoms with Crippen LogP contribution < -0.4 is 10.4 Å². The standard InChI is InChI=1S/C28H36O9Si/c1-18(29)34-24-23(37-27(32)26(36-20(3)31)25(24)35-19(2)30)17-33-38(28(4,5)6,21-13-9-7-10-14-21)22-15-11-8-12-16-22/h7-16,23-27,32H,17H2,1-6H3. The topological polar surface area (TPSA) is 118 Å². The molecule has 5 unspecified atom stereocenters. The van der Waals surface area contributed by atoms with Crippen molar-refractivity contribution in [3.63, 3.8) is 0 Å². The van der Waals surface area contributed by atoms with E-state index in [9.17, 15) is 19.5 Å². The Labute approximate surface area is 224 Å². The summed E-state index contributed by atoms with van der Waals surface area (Å²) < 4.78 is 28.9. The fraction of sp³-hybridized carbons (Fsp3) is 0.464. The lowest BCUT2D eigenvalue weighted by Gasteiger charge is -2.46. The molecule has 1 aliphatic rings. The van der Waals surface area contributed by atoms with Crippen LogP contribution in [0, 0.1) is 0 Å². The van der Waals surface area contributed by atoms with Gasteiger partial charge in [0, 0.05) is 20.8 Å². The second kappa shape index (κ2) is 12.2. The molecule has 0 radical (unpaired) electrons. The number of benzene rings is 2. The first kappa shape index (κ1) is 29.5. The van der Waals surface area contributed by atoms with Gasteiger partial charge in [0.05, 0.1) is 6.61 Å². The van der Waals surface area contributed by atoms with E-state index in [1.807, 2.05) is 60.7 Å². The molecule has 0 aliphatic carbocycles. The van der Waals surface area contributed by atoms with E-state index in [-0.39, 0.29) is 11.6 Å². The van der Waals surface area contributed by atoms with Gasteiger partial charge in [0.2, 0.25) is 0 Å². The van der Waals surface area contributed by atoms with Crippen LogP contribution in [-0.2, 0) is 37.8 Å². The zero-order valence-electron chi connectivity index (χ0n) is 22.6. The highest BCUT2D eigenvalue weighted by Gasteiger charge is 2.54. The van der Waals surface area contributed by atoms with E-state index >= 15 is 0 Å². The number of esters is 3. The van der Waals surface area contributed by atoms with Crippen LogP contribution in [0.3, 0.4) is 0 Å². The highest BCUT2D eigenvalue weighted by Crippen LogP contribution is 2.38. The molecule has 1 aliphatic heterocycles. The average Bonchev–Trinajstić information content (AvgIpc) is 2.83. The molecule has 0 aromatic heterocycles. The van der Waals surface area contributed by atoms with Gasteiger partial charge in [-0.05, 0) is 15.4 Å². The minimum atomic E-state index is -3.02. The third kappa shape index (κ3) is 6.50. The number of hydrogen-bond acceptors (Lipinski definition) is 9. The number of ether oxygens (including phenoxy) is 4. The Morgan fingerprint density at radius 1 is 0.763 bits per heavy atom. The first-order chi connectivity index (χ1) is 17.9. The Kier molecular flexibility index (Phi) is 9.48. The number of carbonyl (C=O) groups is 3. The van der Waals surface area contributed by atoms with Crippen LogP contribution in [0.5, 0.6) is 0 Å². The number of carbonyl (C=O) groups excluding carboxylic acids is 3. The summed E-state index contributed by atoms with van der Waals surface area (Å²) in [5.74, 6) is -2.09. The van der Waals surface area contributed by atoms with Crippen molar-refractivity contribution in [2.45, 2.75) is 77.3 Å². The van der Waals surface area contributed by atoms with E-state index in [1.54, 1.807) is 0 Å². The van der Waals surface area contributed by atoms with E-state index < -0.39 is 56.9 Å². The second-order valence-electron chi connectivity index (χ2n) is 10.3. The maximum absolute atomic E-state index is 12.1. The molecule has 0 saturated carbocycles. The van der Waals surface area contributed by atoms with Gasteiger partial charge in [-0.2, -0.15) is 0 Å². The molecule has 10 heteroatoms. The number of hydrogen-bond donors (Lipinski definition) is 1. The first-order valence-electron chi connectivity index (χ1n) is 12.5. The summed E-state index contributed by atoms with van der Waals surface area (Å²) in [7, 11) is -3.02. The zero-order chi connectivity index (χ0) is 28.1. The van der Waals surface area contributed by atoms with E-state index in [2.05, 4.69) is 20.8 Å². The highest BCUT2D eigenvalue weighted by molar-refractivity contribution is 6.99. The van der Waals surface area contributed by atoms with Gasteiger partial charge in [-0.3, -0.25) is 14.4 Å². The van der Waals surface area contributed by atoms with Crippen molar-refractivity contribution < 1.29 is 42.9 Å². The molecule has 1 N–H and O–H groups in total. The molecule has 1 saturated heterocycles. The predicted octanol–water partition coefficient (Wildman–Crippen LogP) is 2.08. The fourth-order valence-electron chi connectivity index (χ4n) is 4.97. The summed E-state index contributed by atoms with van der Waals surface area (Å²) in [6.45, 7) is 9.75. The summed E-state index contributed by atoms with van der Waals surface area (Å²) in [5, 5.41) is 12.5. The molecule has 0 spiro atoms. The summed E-state index contributed by atoms with van der Waals surface area (Å²) in [4.78, 5) is 35.8. The van der Waals surface area contributed by atoms with Gasteiger partial charge in [-0.1, -0.05) is 81.4 Å². The Morgan fingerprint density at radius 2 is 1.18 bits per heavy atom. The number of aliphatic hydroxyl groups excluding tert-OH is 1. The van der Waals surface area contributed by atoms with Crippen molar-refractivity contribution >= 4 is 36.6 Å². The van der Waals surface area contributed by atoms with Crippen LogP contribution >= 0.6 is 0 Å². The summed E-state index contributed by atoms with van der Waals surface area (Å²) >= 11 is 0. The largest absolute Gasteiger partial charge is 0.456 e. The van der Waals surface area contributed by atoms with E-state index in [1.165, 1.54) is 13.8 Å². The van der Waals surface area contributed by atoms with Gasteiger partial charge in [-0.15, -0.1) is 0 Å². The van der Waals surface area contributed by atoms with Crippen molar-refractivity contribution in [3.05, 3.63) is 60.7 Å². The lowest BCUT2D eigenvalue weighted by molar-refractivity contribution is -0.294. The van der Waals surface area contributed by atoms with Gasteiger partial charge in [0.15, 0.2) is 24.6 Å². The minimum Gasteiger partial charge on any atom is -0.456 e. The monoisotopic (exact) mass is 544 g/mol. The zero-order valence-corrected chi connectivity index (χ0v) is 23.6. The number of aliphatic hydroxyl groups is 1. The van der Waals surface area contributed by atoms with E-state index in [4.69, 9.17) is 23.4 Å². The fourth-order valence-corrected chi connectivity index (χ4v) is 9.54. The first-order valence-corrected chi connectivity index (χ1v) is 14.4. The third-order valence-electron chi connectivity index (χ3n) is 6.40. The van der Waals surface area contributed by atoms with Crippen LogP contribution in [-0.4, -0.2) is 68.6 Å². The maximum Gasteiger partial charge on any atom is 0.303 e. The maximum atomic E-state index is 12.1. The second-order valence-corrected chi connectivity index (χ2v) is 14.6. The summed E-state index contributed by atoms with van der Waals surface area (Å²) in [5.41, 5.74) is 0. The van der Waals surface area contributed by atoms with Crippen molar-refractivity contribution in [1.29, 1.82) is 0 Å². The molecule has 9 nitrogen and oxygen atoms in total. The highest BCUT2D eigenvalue weighted by atomic mass is 28.4. The van der Waals surface area contributed by atoms with Crippen LogP contribution in [0.4, 0.5) is 0 Å². The van der Waals surface area contributed by atoms with Gasteiger partial charge < -0.3 is 28.5 Å². The smallest absolute Gasteiger partial charge is 0.303 e. The molecular weight excluding hydrogens is 508 g/mol. The molecule has 206 valence electrons. The Hall–Kier alpha value is -3.05. The molecule has 2 aromatic rings. The molecule has 2 aromatic carbocycles. The Bertz CT molecular complexity index is 1060. The predicted molar refractivity (Wildman–Crippen MR) is 141 cm³/mol. The van der Waals surface area contributed by atoms with Gasteiger partial charge in [0.1, 0.15) is 6.10 Å². The lowest BCUT2D eigenvalue weighted by atomic mass is 9.98. The van der Waals surface area contributed by atoms with Crippen molar-refractivity contribution in [2.24, 2.45) is 0 Å². The van der Waals surface area contributed by atoms with Crippen LogP contribution in [0.25, 0.3) is 0 Å². The molecule has 1 heterocycles. The molecule has 1 fully saturated rings. The lowest BCUT2D eigenvalue weighted by Crippen LogP contribution is -2.68. The average molecular weight is 545 g/mol. The van der Waals surface area contributed by atoms with Crippen molar-refractivity contribution in [3.8, 4) is 0 Å². The number of rotatable bonds is 8. The summed E-state index contributed by atoms with van der Waals surface area (Å²) in [6, 6.07) is 19.8. The SMILES string of the molecule is CC(=O)OC1C(O)OC(CO[Si](c2ccccc2)(c2ccccc2)C(C)(C)C)C(OC(C)=O)C1OC(C)=O. The molecule has 0 amide bonds. The van der Waals surface area contributed by atoms with Crippen molar-refractivity contribution in [2.75, 3.05) is 6.61 Å². The van der Waals surface area contributed by atoms with Crippen LogP contribution in [0.1, 0.15) is 41.5 Å².